The average molecular weight is 197 g/mol. The van der Waals surface area contributed by atoms with Gasteiger partial charge in [-0.05, 0) is 31.6 Å². The zero-order chi connectivity index (χ0) is 9.97. The van der Waals surface area contributed by atoms with Gasteiger partial charge < -0.3 is 16.0 Å². The highest BCUT2D eigenvalue weighted by atomic mass is 16.2. The van der Waals surface area contributed by atoms with Crippen LogP contribution in [0.4, 0.5) is 4.79 Å². The molecule has 2 rings (SSSR count). The molecule has 0 spiro atoms. The Bertz CT molecular complexity index is 219. The fourth-order valence-electron chi connectivity index (χ4n) is 2.44. The van der Waals surface area contributed by atoms with Crippen LogP contribution in [-0.2, 0) is 0 Å². The zero-order valence-corrected chi connectivity index (χ0v) is 8.54. The van der Waals surface area contributed by atoms with Crippen LogP contribution in [0.2, 0.25) is 0 Å². The number of urea groups is 1. The molecule has 3 N–H and O–H groups in total. The van der Waals surface area contributed by atoms with Crippen molar-refractivity contribution in [2.75, 3.05) is 19.6 Å². The highest BCUT2D eigenvalue weighted by molar-refractivity contribution is 5.74. The maximum Gasteiger partial charge on any atom is 0.317 e. The molecular formula is C10H19N3O. The van der Waals surface area contributed by atoms with Gasteiger partial charge in [0.15, 0.2) is 0 Å². The number of hydrogen-bond acceptors (Lipinski definition) is 2. The van der Waals surface area contributed by atoms with Crippen LogP contribution in [0.3, 0.4) is 0 Å². The lowest BCUT2D eigenvalue weighted by Gasteiger charge is -2.29. The van der Waals surface area contributed by atoms with Crippen molar-refractivity contribution < 1.29 is 4.79 Å². The maximum absolute atomic E-state index is 11.4. The summed E-state index contributed by atoms with van der Waals surface area (Å²) in [4.78, 5) is 13.4. The molecule has 0 aromatic carbocycles. The van der Waals surface area contributed by atoms with Gasteiger partial charge in [0.1, 0.15) is 0 Å². The predicted molar refractivity (Wildman–Crippen MR) is 54.9 cm³/mol. The van der Waals surface area contributed by atoms with E-state index in [0.29, 0.717) is 12.0 Å². The van der Waals surface area contributed by atoms with Gasteiger partial charge in [0, 0.05) is 25.7 Å². The molecular weight excluding hydrogens is 178 g/mol. The third kappa shape index (κ3) is 2.18. The lowest BCUT2D eigenvalue weighted by molar-refractivity contribution is 0.175. The molecule has 80 valence electrons. The lowest BCUT2D eigenvalue weighted by Crippen LogP contribution is -2.48. The van der Waals surface area contributed by atoms with Crippen LogP contribution in [-0.4, -0.2) is 36.6 Å². The first-order valence-electron chi connectivity index (χ1n) is 5.54. The number of rotatable bonds is 2. The van der Waals surface area contributed by atoms with E-state index in [1.807, 2.05) is 4.90 Å². The second-order valence-corrected chi connectivity index (χ2v) is 4.47. The Balaban J connectivity index is 1.81. The van der Waals surface area contributed by atoms with E-state index in [9.17, 15) is 4.79 Å². The molecule has 14 heavy (non-hydrogen) atoms. The molecule has 2 unspecified atom stereocenters. The van der Waals surface area contributed by atoms with E-state index in [0.717, 1.165) is 38.9 Å². The fraction of sp³-hybridized carbons (Fsp3) is 0.900. The van der Waals surface area contributed by atoms with E-state index >= 15 is 0 Å². The molecule has 0 radical (unpaired) electrons. The van der Waals surface area contributed by atoms with E-state index < -0.39 is 0 Å². The Morgan fingerprint density at radius 2 is 2.36 bits per heavy atom. The average Bonchev–Trinajstić information content (AvgIpc) is 2.56. The van der Waals surface area contributed by atoms with E-state index in [4.69, 9.17) is 5.73 Å². The van der Waals surface area contributed by atoms with Crippen molar-refractivity contribution in [3.05, 3.63) is 0 Å². The van der Waals surface area contributed by atoms with Crippen molar-refractivity contribution in [1.82, 2.24) is 10.2 Å². The standard InChI is InChI=1S/C10H19N3O/c11-9-3-2-8(6-9)7-13-5-1-4-12-10(13)14/h8-9H,1-7,11H2,(H,12,14). The van der Waals surface area contributed by atoms with E-state index in [-0.39, 0.29) is 6.03 Å². The van der Waals surface area contributed by atoms with Gasteiger partial charge >= 0.3 is 6.03 Å². The summed E-state index contributed by atoms with van der Waals surface area (Å²) in [5.41, 5.74) is 5.85. The Labute approximate surface area is 84.8 Å². The SMILES string of the molecule is NC1CCC(CN2CCCNC2=O)C1. The van der Waals surface area contributed by atoms with Gasteiger partial charge in [-0.25, -0.2) is 4.79 Å². The normalized spacial score (nSPS) is 33.2. The molecule has 2 amide bonds. The largest absolute Gasteiger partial charge is 0.338 e. The summed E-state index contributed by atoms with van der Waals surface area (Å²) in [5.74, 6) is 0.633. The minimum Gasteiger partial charge on any atom is -0.338 e. The van der Waals surface area contributed by atoms with Crippen molar-refractivity contribution in [2.24, 2.45) is 11.7 Å². The summed E-state index contributed by atoms with van der Waals surface area (Å²) < 4.78 is 0. The van der Waals surface area contributed by atoms with Crippen molar-refractivity contribution in [2.45, 2.75) is 31.7 Å². The fourth-order valence-corrected chi connectivity index (χ4v) is 2.44. The van der Waals surface area contributed by atoms with Crippen LogP contribution in [0.25, 0.3) is 0 Å². The first-order chi connectivity index (χ1) is 6.75. The van der Waals surface area contributed by atoms with Gasteiger partial charge in [-0.15, -0.1) is 0 Å². The quantitative estimate of drug-likeness (QED) is 0.678. The first kappa shape index (κ1) is 9.77. The van der Waals surface area contributed by atoms with Gasteiger partial charge in [0.2, 0.25) is 0 Å². The maximum atomic E-state index is 11.4. The molecule has 1 heterocycles. The summed E-state index contributed by atoms with van der Waals surface area (Å²) in [6, 6.07) is 0.476. The first-order valence-corrected chi connectivity index (χ1v) is 5.54. The van der Waals surface area contributed by atoms with Crippen LogP contribution in [0.1, 0.15) is 25.7 Å². The molecule has 2 fully saturated rings. The van der Waals surface area contributed by atoms with Crippen molar-refractivity contribution in [1.29, 1.82) is 0 Å². The summed E-state index contributed by atoms with van der Waals surface area (Å²) >= 11 is 0. The topological polar surface area (TPSA) is 58.4 Å². The molecule has 4 heteroatoms. The Morgan fingerprint density at radius 3 is 3.00 bits per heavy atom. The lowest BCUT2D eigenvalue weighted by atomic mass is 10.1. The Morgan fingerprint density at radius 1 is 1.50 bits per heavy atom. The molecule has 4 nitrogen and oxygen atoms in total. The summed E-state index contributed by atoms with van der Waals surface area (Å²) in [6.45, 7) is 2.65. The van der Waals surface area contributed by atoms with E-state index in [1.165, 1.54) is 6.42 Å². The van der Waals surface area contributed by atoms with Crippen LogP contribution in [0, 0.1) is 5.92 Å². The van der Waals surface area contributed by atoms with E-state index in [2.05, 4.69) is 5.32 Å². The minimum atomic E-state index is 0.108. The van der Waals surface area contributed by atoms with Crippen molar-refractivity contribution in [3.63, 3.8) is 0 Å². The van der Waals surface area contributed by atoms with Crippen LogP contribution in [0.5, 0.6) is 0 Å². The summed E-state index contributed by atoms with van der Waals surface area (Å²) in [5, 5.41) is 2.87. The Hall–Kier alpha value is -0.770. The van der Waals surface area contributed by atoms with Gasteiger partial charge in [-0.1, -0.05) is 0 Å². The molecule has 1 saturated heterocycles. The third-order valence-corrected chi connectivity index (χ3v) is 3.23. The second-order valence-electron chi connectivity index (χ2n) is 4.47. The second kappa shape index (κ2) is 4.17. The smallest absolute Gasteiger partial charge is 0.317 e. The highest BCUT2D eigenvalue weighted by Crippen LogP contribution is 2.25. The Kier molecular flexibility index (Phi) is 2.91. The van der Waals surface area contributed by atoms with Crippen molar-refractivity contribution >= 4 is 6.03 Å². The van der Waals surface area contributed by atoms with Gasteiger partial charge in [0.05, 0.1) is 0 Å². The molecule has 2 atom stereocenters. The van der Waals surface area contributed by atoms with E-state index in [1.54, 1.807) is 0 Å². The number of carbonyl (C=O) groups excluding carboxylic acids is 1. The number of nitrogens with two attached hydrogens (primary N) is 1. The van der Waals surface area contributed by atoms with Crippen molar-refractivity contribution in [3.8, 4) is 0 Å². The number of amides is 2. The monoisotopic (exact) mass is 197 g/mol. The van der Waals surface area contributed by atoms with Crippen LogP contribution >= 0.6 is 0 Å². The van der Waals surface area contributed by atoms with Gasteiger partial charge in [-0.2, -0.15) is 0 Å². The molecule has 0 bridgehead atoms. The number of carbonyl (C=O) groups is 1. The predicted octanol–water partition coefficient (Wildman–Crippen LogP) is 0.529. The molecule has 1 aliphatic carbocycles. The molecule has 0 aromatic heterocycles. The molecule has 2 aliphatic rings. The number of nitrogens with zero attached hydrogens (tertiary/aromatic N) is 1. The highest BCUT2D eigenvalue weighted by Gasteiger charge is 2.26. The molecule has 0 aromatic rings. The summed E-state index contributed by atoms with van der Waals surface area (Å²) in [7, 11) is 0. The van der Waals surface area contributed by atoms with Crippen LogP contribution in [0.15, 0.2) is 0 Å². The summed E-state index contributed by atoms with van der Waals surface area (Å²) in [6.07, 6.45) is 4.47. The third-order valence-electron chi connectivity index (χ3n) is 3.23. The minimum absolute atomic E-state index is 0.108. The van der Waals surface area contributed by atoms with Gasteiger partial charge in [0.25, 0.3) is 0 Å². The van der Waals surface area contributed by atoms with Gasteiger partial charge in [-0.3, -0.25) is 0 Å². The molecule has 1 aliphatic heterocycles. The zero-order valence-electron chi connectivity index (χ0n) is 8.54. The molecule has 1 saturated carbocycles. The number of nitrogens with one attached hydrogen (secondary N) is 1. The number of hydrogen-bond donors (Lipinski definition) is 2. The van der Waals surface area contributed by atoms with Crippen LogP contribution < -0.4 is 11.1 Å².